The quantitative estimate of drug-likeness (QED) is 0.438. The molecule has 2 aromatic carbocycles. The molecule has 1 aliphatic rings. The largest absolute Gasteiger partial charge is 0.372 e. The molecule has 0 atom stereocenters. The zero-order valence-corrected chi connectivity index (χ0v) is 19.8. The van der Waals surface area contributed by atoms with Gasteiger partial charge in [0.05, 0.1) is 11.3 Å². The van der Waals surface area contributed by atoms with Gasteiger partial charge in [-0.05, 0) is 80.2 Å². The number of hydrogen-bond donors (Lipinski definition) is 1. The molecular weight excluding hydrogens is 442 g/mol. The molecule has 0 fully saturated rings. The Hall–Kier alpha value is -3.09. The fourth-order valence-electron chi connectivity index (χ4n) is 3.87. The number of anilines is 3. The van der Waals surface area contributed by atoms with Gasteiger partial charge in [-0.2, -0.15) is 0 Å². The van der Waals surface area contributed by atoms with Crippen molar-refractivity contribution in [1.82, 2.24) is 0 Å². The maximum atomic E-state index is 13.5. The lowest BCUT2D eigenvalue weighted by molar-refractivity contribution is -0.120. The zero-order chi connectivity index (χ0) is 22.8. The normalized spacial score (nSPS) is 13.8. The molecule has 0 aliphatic carbocycles. The van der Waals surface area contributed by atoms with Crippen LogP contribution in [0.1, 0.15) is 24.3 Å². The standard InChI is InChI=1S/C25H24ClN3O2S/c1-4-28(5-2)19-11-9-18(10-12-19)27-23-22(21-7-6-14-32-21)24(30)29(25(23)31)20-13-8-17(26)15-16(20)3/h6-15,27H,4-5H2,1-3H3. The van der Waals surface area contributed by atoms with Crippen LogP contribution in [0.15, 0.2) is 65.7 Å². The van der Waals surface area contributed by atoms with Crippen molar-refractivity contribution in [2.45, 2.75) is 20.8 Å². The number of thiophene rings is 1. The monoisotopic (exact) mass is 465 g/mol. The molecule has 0 radical (unpaired) electrons. The van der Waals surface area contributed by atoms with Crippen molar-refractivity contribution in [3.63, 3.8) is 0 Å². The first kappa shape index (κ1) is 22.1. The van der Waals surface area contributed by atoms with Gasteiger partial charge in [-0.25, -0.2) is 4.90 Å². The van der Waals surface area contributed by atoms with Gasteiger partial charge in [0, 0.05) is 34.4 Å². The minimum absolute atomic E-state index is 0.280. The Morgan fingerprint density at radius 3 is 2.31 bits per heavy atom. The number of imide groups is 1. The summed E-state index contributed by atoms with van der Waals surface area (Å²) < 4.78 is 0. The predicted octanol–water partition coefficient (Wildman–Crippen LogP) is 5.95. The Morgan fingerprint density at radius 1 is 1.00 bits per heavy atom. The van der Waals surface area contributed by atoms with Crippen molar-refractivity contribution in [3.8, 4) is 0 Å². The van der Waals surface area contributed by atoms with Crippen molar-refractivity contribution in [1.29, 1.82) is 0 Å². The van der Waals surface area contributed by atoms with Crippen LogP contribution in [0.3, 0.4) is 0 Å². The number of aryl methyl sites for hydroxylation is 1. The van der Waals surface area contributed by atoms with Crippen molar-refractivity contribution >= 4 is 57.4 Å². The van der Waals surface area contributed by atoms with E-state index in [0.29, 0.717) is 16.3 Å². The molecule has 1 aliphatic heterocycles. The predicted molar refractivity (Wildman–Crippen MR) is 134 cm³/mol. The van der Waals surface area contributed by atoms with E-state index >= 15 is 0 Å². The second-order valence-corrected chi connectivity index (χ2v) is 8.83. The van der Waals surface area contributed by atoms with E-state index in [-0.39, 0.29) is 17.5 Å². The van der Waals surface area contributed by atoms with Crippen molar-refractivity contribution in [2.75, 3.05) is 28.2 Å². The first-order valence-corrected chi connectivity index (χ1v) is 11.8. The summed E-state index contributed by atoms with van der Waals surface area (Å²) in [4.78, 5) is 31.2. The highest BCUT2D eigenvalue weighted by Crippen LogP contribution is 2.37. The molecule has 1 N–H and O–H groups in total. The summed E-state index contributed by atoms with van der Waals surface area (Å²) in [6.07, 6.45) is 0. The Labute approximate surface area is 196 Å². The summed E-state index contributed by atoms with van der Waals surface area (Å²) >= 11 is 7.52. The molecule has 4 rings (SSSR count). The lowest BCUT2D eigenvalue weighted by Crippen LogP contribution is -2.33. The van der Waals surface area contributed by atoms with E-state index in [1.54, 1.807) is 18.2 Å². The van der Waals surface area contributed by atoms with E-state index in [0.717, 1.165) is 34.9 Å². The highest BCUT2D eigenvalue weighted by molar-refractivity contribution is 7.11. The minimum atomic E-state index is -0.378. The number of rotatable bonds is 7. The van der Waals surface area contributed by atoms with Gasteiger partial charge in [0.2, 0.25) is 0 Å². The van der Waals surface area contributed by atoms with Crippen LogP contribution in [-0.2, 0) is 9.59 Å². The number of halogens is 1. The van der Waals surface area contributed by atoms with Crippen LogP contribution in [0.25, 0.3) is 5.57 Å². The van der Waals surface area contributed by atoms with E-state index in [4.69, 9.17) is 11.6 Å². The molecule has 0 saturated carbocycles. The Morgan fingerprint density at radius 2 is 1.72 bits per heavy atom. The molecule has 0 bridgehead atoms. The molecule has 1 aromatic heterocycles. The molecule has 0 saturated heterocycles. The summed E-state index contributed by atoms with van der Waals surface area (Å²) in [5.41, 5.74) is 3.82. The van der Waals surface area contributed by atoms with Crippen LogP contribution in [0.2, 0.25) is 5.02 Å². The van der Waals surface area contributed by atoms with Gasteiger partial charge in [0.25, 0.3) is 11.8 Å². The fraction of sp³-hybridized carbons (Fsp3) is 0.200. The Bertz CT molecular complexity index is 1180. The summed E-state index contributed by atoms with van der Waals surface area (Å²) in [6, 6.07) is 16.8. The number of amides is 2. The van der Waals surface area contributed by atoms with E-state index in [1.807, 2.05) is 48.7 Å². The number of nitrogens with one attached hydrogen (secondary N) is 1. The number of hydrogen-bond acceptors (Lipinski definition) is 5. The lowest BCUT2D eigenvalue weighted by atomic mass is 10.1. The SMILES string of the molecule is CCN(CC)c1ccc(NC2=C(c3cccs3)C(=O)N(c3ccc(Cl)cc3C)C2=O)cc1. The maximum absolute atomic E-state index is 13.5. The number of carbonyl (C=O) groups is 2. The van der Waals surface area contributed by atoms with E-state index in [9.17, 15) is 9.59 Å². The minimum Gasteiger partial charge on any atom is -0.372 e. The van der Waals surface area contributed by atoms with Gasteiger partial charge < -0.3 is 10.2 Å². The molecule has 0 unspecified atom stereocenters. The van der Waals surface area contributed by atoms with Gasteiger partial charge in [-0.1, -0.05) is 17.7 Å². The van der Waals surface area contributed by atoms with E-state index < -0.39 is 0 Å². The van der Waals surface area contributed by atoms with Crippen molar-refractivity contribution in [2.24, 2.45) is 0 Å². The third-order valence-electron chi connectivity index (χ3n) is 5.52. The fourth-order valence-corrected chi connectivity index (χ4v) is 4.87. The Kier molecular flexibility index (Phi) is 6.35. The highest BCUT2D eigenvalue weighted by atomic mass is 35.5. The van der Waals surface area contributed by atoms with Crippen LogP contribution in [0.5, 0.6) is 0 Å². The van der Waals surface area contributed by atoms with Gasteiger partial charge >= 0.3 is 0 Å². The molecule has 2 amide bonds. The first-order chi connectivity index (χ1) is 15.4. The van der Waals surface area contributed by atoms with Gasteiger partial charge in [0.1, 0.15) is 5.70 Å². The second kappa shape index (κ2) is 9.18. The molecule has 0 spiro atoms. The second-order valence-electron chi connectivity index (χ2n) is 7.45. The van der Waals surface area contributed by atoms with E-state index in [1.165, 1.54) is 16.2 Å². The highest BCUT2D eigenvalue weighted by Gasteiger charge is 2.41. The van der Waals surface area contributed by atoms with Gasteiger partial charge in [-0.15, -0.1) is 11.3 Å². The summed E-state index contributed by atoms with van der Waals surface area (Å²) in [6.45, 7) is 7.90. The smallest absolute Gasteiger partial charge is 0.282 e. The van der Waals surface area contributed by atoms with Crippen LogP contribution in [0.4, 0.5) is 17.1 Å². The third kappa shape index (κ3) is 4.04. The summed E-state index contributed by atoms with van der Waals surface area (Å²) in [7, 11) is 0. The molecule has 7 heteroatoms. The number of nitrogens with zero attached hydrogens (tertiary/aromatic N) is 2. The van der Waals surface area contributed by atoms with Crippen molar-refractivity contribution in [3.05, 3.63) is 81.1 Å². The number of carbonyl (C=O) groups excluding carboxylic acids is 2. The van der Waals surface area contributed by atoms with Gasteiger partial charge in [-0.3, -0.25) is 9.59 Å². The van der Waals surface area contributed by atoms with E-state index in [2.05, 4.69) is 24.1 Å². The molecule has 32 heavy (non-hydrogen) atoms. The molecule has 5 nitrogen and oxygen atoms in total. The zero-order valence-electron chi connectivity index (χ0n) is 18.2. The topological polar surface area (TPSA) is 52.7 Å². The number of benzene rings is 2. The van der Waals surface area contributed by atoms with Gasteiger partial charge in [0.15, 0.2) is 0 Å². The molecule has 2 heterocycles. The van der Waals surface area contributed by atoms with Crippen LogP contribution >= 0.6 is 22.9 Å². The van der Waals surface area contributed by atoms with Crippen LogP contribution in [0, 0.1) is 6.92 Å². The lowest BCUT2D eigenvalue weighted by Gasteiger charge is -2.21. The summed E-state index contributed by atoms with van der Waals surface area (Å²) in [5.74, 6) is -0.721. The summed E-state index contributed by atoms with van der Waals surface area (Å²) in [5, 5.41) is 5.68. The van der Waals surface area contributed by atoms with Crippen LogP contribution < -0.4 is 15.1 Å². The van der Waals surface area contributed by atoms with Crippen LogP contribution in [-0.4, -0.2) is 24.9 Å². The average Bonchev–Trinajstić information content (AvgIpc) is 3.38. The molecular formula is C25H24ClN3O2S. The van der Waals surface area contributed by atoms with Crippen molar-refractivity contribution < 1.29 is 9.59 Å². The average molecular weight is 466 g/mol. The molecule has 3 aromatic rings. The first-order valence-electron chi connectivity index (χ1n) is 10.5. The molecule has 164 valence electrons. The third-order valence-corrected chi connectivity index (χ3v) is 6.64. The Balaban J connectivity index is 1.72. The maximum Gasteiger partial charge on any atom is 0.282 e.